The standard InChI is InChI=1S/C17H16BrF2NO3S/c1-9(2)15(17(23)24-7-10-6-13(18)25-8-10)21-16(22)14-11(19)4-3-5-12(14)20/h3-6,8-9,15H,7H2,1-2H3,(H,21,22)/t15-/m1/s1. The molecule has 0 saturated heterocycles. The molecule has 0 bridgehead atoms. The van der Waals surface area contributed by atoms with Crippen LogP contribution >= 0.6 is 27.3 Å². The first-order valence-electron chi connectivity index (χ1n) is 7.44. The number of ether oxygens (including phenoxy) is 1. The van der Waals surface area contributed by atoms with Gasteiger partial charge in [0.25, 0.3) is 5.91 Å². The number of halogens is 3. The van der Waals surface area contributed by atoms with Gasteiger partial charge in [-0.2, -0.15) is 0 Å². The highest BCUT2D eigenvalue weighted by atomic mass is 79.9. The molecule has 0 saturated carbocycles. The van der Waals surface area contributed by atoms with E-state index >= 15 is 0 Å². The maximum absolute atomic E-state index is 13.7. The van der Waals surface area contributed by atoms with E-state index in [1.807, 2.05) is 11.4 Å². The lowest BCUT2D eigenvalue weighted by Crippen LogP contribution is -2.45. The molecule has 0 fully saturated rings. The molecule has 25 heavy (non-hydrogen) atoms. The second-order valence-corrected chi connectivity index (χ2v) is 7.95. The van der Waals surface area contributed by atoms with Crippen LogP contribution in [0.25, 0.3) is 0 Å². The van der Waals surface area contributed by atoms with Crippen molar-refractivity contribution in [1.29, 1.82) is 0 Å². The van der Waals surface area contributed by atoms with Crippen molar-refractivity contribution in [3.8, 4) is 0 Å². The molecule has 8 heteroatoms. The minimum atomic E-state index is -1.02. The predicted molar refractivity (Wildman–Crippen MR) is 94.3 cm³/mol. The second-order valence-electron chi connectivity index (χ2n) is 5.66. The number of benzene rings is 1. The van der Waals surface area contributed by atoms with Crippen molar-refractivity contribution in [3.63, 3.8) is 0 Å². The number of carbonyl (C=O) groups is 2. The van der Waals surface area contributed by atoms with Gasteiger partial charge in [0.05, 0.1) is 3.79 Å². The van der Waals surface area contributed by atoms with Gasteiger partial charge in [0.15, 0.2) is 0 Å². The molecule has 0 aliphatic rings. The van der Waals surface area contributed by atoms with Gasteiger partial charge in [-0.1, -0.05) is 19.9 Å². The van der Waals surface area contributed by atoms with E-state index in [-0.39, 0.29) is 12.5 Å². The maximum Gasteiger partial charge on any atom is 0.329 e. The Balaban J connectivity index is 2.07. The molecule has 0 unspecified atom stereocenters. The molecule has 4 nitrogen and oxygen atoms in total. The van der Waals surface area contributed by atoms with Crippen LogP contribution in [0.5, 0.6) is 0 Å². The third-order valence-corrected chi connectivity index (χ3v) is 4.95. The molecule has 1 aromatic heterocycles. The van der Waals surface area contributed by atoms with Gasteiger partial charge in [0.2, 0.25) is 0 Å². The lowest BCUT2D eigenvalue weighted by atomic mass is 10.0. The summed E-state index contributed by atoms with van der Waals surface area (Å²) in [5.74, 6) is -3.96. The summed E-state index contributed by atoms with van der Waals surface area (Å²) >= 11 is 4.77. The van der Waals surface area contributed by atoms with Gasteiger partial charge in [0.1, 0.15) is 29.8 Å². The SMILES string of the molecule is CC(C)[C@@H](NC(=O)c1c(F)cccc1F)C(=O)OCc1csc(Br)c1. The van der Waals surface area contributed by atoms with Crippen LogP contribution in [0.15, 0.2) is 33.4 Å². The van der Waals surface area contributed by atoms with Crippen molar-refractivity contribution >= 4 is 39.1 Å². The van der Waals surface area contributed by atoms with E-state index < -0.39 is 35.1 Å². The summed E-state index contributed by atoms with van der Waals surface area (Å²) in [6.07, 6.45) is 0. The fraction of sp³-hybridized carbons (Fsp3) is 0.294. The normalized spacial score (nSPS) is 12.1. The molecular weight excluding hydrogens is 416 g/mol. The second kappa shape index (κ2) is 8.53. The Morgan fingerprint density at radius 1 is 1.28 bits per heavy atom. The van der Waals surface area contributed by atoms with Gasteiger partial charge in [-0.05, 0) is 45.4 Å². The van der Waals surface area contributed by atoms with Crippen LogP contribution in [0.1, 0.15) is 29.8 Å². The Kier molecular flexibility index (Phi) is 6.66. The average Bonchev–Trinajstić information content (AvgIpc) is 2.95. The zero-order valence-electron chi connectivity index (χ0n) is 13.5. The van der Waals surface area contributed by atoms with Crippen LogP contribution < -0.4 is 5.32 Å². The molecule has 1 heterocycles. The summed E-state index contributed by atoms with van der Waals surface area (Å²) in [6, 6.07) is 3.92. The van der Waals surface area contributed by atoms with Crippen LogP contribution in [0, 0.1) is 17.6 Å². The minimum absolute atomic E-state index is 0.0497. The summed E-state index contributed by atoms with van der Waals surface area (Å²) in [7, 11) is 0. The van der Waals surface area contributed by atoms with E-state index in [4.69, 9.17) is 4.74 Å². The smallest absolute Gasteiger partial charge is 0.329 e. The highest BCUT2D eigenvalue weighted by Crippen LogP contribution is 2.21. The van der Waals surface area contributed by atoms with E-state index in [0.29, 0.717) is 0 Å². The lowest BCUT2D eigenvalue weighted by molar-refractivity contribution is -0.148. The predicted octanol–water partition coefficient (Wildman–Crippen LogP) is 4.29. The third kappa shape index (κ3) is 5.09. The molecule has 134 valence electrons. The number of esters is 1. The summed E-state index contributed by atoms with van der Waals surface area (Å²) in [6.45, 7) is 3.45. The van der Waals surface area contributed by atoms with Gasteiger partial charge >= 0.3 is 5.97 Å². The molecule has 1 aromatic carbocycles. The first-order valence-corrected chi connectivity index (χ1v) is 9.11. The van der Waals surface area contributed by atoms with Crippen molar-refractivity contribution in [1.82, 2.24) is 5.32 Å². The maximum atomic E-state index is 13.7. The fourth-order valence-corrected chi connectivity index (χ4v) is 3.29. The van der Waals surface area contributed by atoms with Crippen LogP contribution in [0.2, 0.25) is 0 Å². The number of thiophene rings is 1. The van der Waals surface area contributed by atoms with E-state index in [2.05, 4.69) is 21.2 Å². The molecule has 1 amide bonds. The number of amides is 1. The minimum Gasteiger partial charge on any atom is -0.459 e. The van der Waals surface area contributed by atoms with Crippen molar-refractivity contribution in [3.05, 3.63) is 56.2 Å². The zero-order valence-corrected chi connectivity index (χ0v) is 15.9. The van der Waals surface area contributed by atoms with E-state index in [1.165, 1.54) is 11.3 Å². The summed E-state index contributed by atoms with van der Waals surface area (Å²) < 4.78 is 33.5. The van der Waals surface area contributed by atoms with Gasteiger partial charge in [0, 0.05) is 5.56 Å². The van der Waals surface area contributed by atoms with E-state index in [1.54, 1.807) is 13.8 Å². The summed E-state index contributed by atoms with van der Waals surface area (Å²) in [5.41, 5.74) is 0.0851. The first-order chi connectivity index (χ1) is 11.8. The fourth-order valence-electron chi connectivity index (χ4n) is 2.09. The van der Waals surface area contributed by atoms with E-state index in [9.17, 15) is 18.4 Å². The van der Waals surface area contributed by atoms with Gasteiger partial charge in [-0.15, -0.1) is 11.3 Å². The van der Waals surface area contributed by atoms with Gasteiger partial charge in [-0.25, -0.2) is 13.6 Å². The van der Waals surface area contributed by atoms with Gasteiger partial charge < -0.3 is 10.1 Å². The topological polar surface area (TPSA) is 55.4 Å². The van der Waals surface area contributed by atoms with Crippen LogP contribution in [-0.2, 0) is 16.1 Å². The molecule has 0 aliphatic heterocycles. The van der Waals surface area contributed by atoms with Crippen molar-refractivity contribution in [2.24, 2.45) is 5.92 Å². The largest absolute Gasteiger partial charge is 0.459 e. The van der Waals surface area contributed by atoms with Crippen molar-refractivity contribution < 1.29 is 23.1 Å². The van der Waals surface area contributed by atoms with Crippen LogP contribution in [-0.4, -0.2) is 17.9 Å². The lowest BCUT2D eigenvalue weighted by Gasteiger charge is -2.21. The number of hydrogen-bond acceptors (Lipinski definition) is 4. The molecule has 0 radical (unpaired) electrons. The molecule has 1 N–H and O–H groups in total. The number of rotatable bonds is 6. The monoisotopic (exact) mass is 431 g/mol. The van der Waals surface area contributed by atoms with Crippen LogP contribution in [0.3, 0.4) is 0 Å². The van der Waals surface area contributed by atoms with E-state index in [0.717, 1.165) is 27.5 Å². The molecule has 0 aliphatic carbocycles. The number of nitrogens with one attached hydrogen (secondary N) is 1. The Morgan fingerprint density at radius 3 is 2.44 bits per heavy atom. The highest BCUT2D eigenvalue weighted by Gasteiger charge is 2.28. The van der Waals surface area contributed by atoms with Crippen molar-refractivity contribution in [2.45, 2.75) is 26.5 Å². The molecular formula is C17H16BrF2NO3S. The molecule has 2 aromatic rings. The third-order valence-electron chi connectivity index (χ3n) is 3.40. The van der Waals surface area contributed by atoms with Crippen molar-refractivity contribution in [2.75, 3.05) is 0 Å². The average molecular weight is 432 g/mol. The summed E-state index contributed by atoms with van der Waals surface area (Å²) in [5, 5.41) is 4.18. The highest BCUT2D eigenvalue weighted by molar-refractivity contribution is 9.11. The van der Waals surface area contributed by atoms with Crippen LogP contribution in [0.4, 0.5) is 8.78 Å². The molecule has 0 spiro atoms. The quantitative estimate of drug-likeness (QED) is 0.694. The number of carbonyl (C=O) groups excluding carboxylic acids is 2. The molecule has 2 rings (SSSR count). The summed E-state index contributed by atoms with van der Waals surface area (Å²) in [4.78, 5) is 24.4. The zero-order chi connectivity index (χ0) is 18.6. The Hall–Kier alpha value is -1.80. The first kappa shape index (κ1) is 19.5. The Morgan fingerprint density at radius 2 is 1.92 bits per heavy atom. The Labute approximate surface area is 156 Å². The Bertz CT molecular complexity index is 759. The number of hydrogen-bond donors (Lipinski definition) is 1. The molecule has 1 atom stereocenters. The van der Waals surface area contributed by atoms with Gasteiger partial charge in [-0.3, -0.25) is 4.79 Å².